The molecule has 132 valence electrons. The lowest BCUT2D eigenvalue weighted by atomic mass is 10.2. The quantitative estimate of drug-likeness (QED) is 0.575. The van der Waals surface area contributed by atoms with E-state index in [0.717, 1.165) is 19.4 Å². The third-order valence-corrected chi connectivity index (χ3v) is 4.38. The monoisotopic (exact) mass is 352 g/mol. The van der Waals surface area contributed by atoms with Crippen molar-refractivity contribution in [3.8, 4) is 17.2 Å². The van der Waals surface area contributed by atoms with E-state index < -0.39 is 0 Å². The Morgan fingerprint density at radius 2 is 1.96 bits per heavy atom. The van der Waals surface area contributed by atoms with Crippen molar-refractivity contribution in [2.45, 2.75) is 18.9 Å². The van der Waals surface area contributed by atoms with E-state index in [1.54, 1.807) is 30.3 Å². The van der Waals surface area contributed by atoms with Gasteiger partial charge in [-0.25, -0.2) is 4.79 Å². The number of carbonyl (C=O) groups is 1. The molecular weight excluding hydrogens is 334 g/mol. The number of para-hydroxylation sites is 1. The van der Waals surface area contributed by atoms with Crippen molar-refractivity contribution < 1.29 is 24.0 Å². The van der Waals surface area contributed by atoms with Crippen LogP contribution in [0.1, 0.15) is 12.8 Å². The van der Waals surface area contributed by atoms with E-state index >= 15 is 0 Å². The second kappa shape index (κ2) is 7.01. The van der Waals surface area contributed by atoms with Crippen molar-refractivity contribution in [1.82, 2.24) is 0 Å². The maximum atomic E-state index is 12.6. The van der Waals surface area contributed by atoms with Gasteiger partial charge in [0.15, 0.2) is 6.04 Å². The first-order valence-corrected chi connectivity index (χ1v) is 8.54. The number of benzene rings is 2. The summed E-state index contributed by atoms with van der Waals surface area (Å²) in [5, 5.41) is 2.35. The molecule has 0 saturated carbocycles. The predicted octanol–water partition coefficient (Wildman–Crippen LogP) is 2.22. The standard InChI is InChI=1S/C20H17NO5/c22-19-15-9-8-14(26-20(23)16-7-4-10-21-16)11-17(15)24-12-18(19)25-13-5-2-1-3-6-13/h1-3,5-6,8-9,11-12,16,21H,4,7,10H2/p+1/t16-/m1/s1. The van der Waals surface area contributed by atoms with Crippen LogP contribution in [0.15, 0.2) is 64.0 Å². The summed E-state index contributed by atoms with van der Waals surface area (Å²) in [5.41, 5.74) is 0.0632. The zero-order chi connectivity index (χ0) is 17.9. The molecule has 1 atom stereocenters. The first-order valence-electron chi connectivity index (χ1n) is 8.54. The molecule has 2 N–H and O–H groups in total. The van der Waals surface area contributed by atoms with Crippen molar-refractivity contribution >= 4 is 16.9 Å². The first-order chi connectivity index (χ1) is 12.7. The molecule has 0 aliphatic carbocycles. The Labute approximate surface area is 149 Å². The van der Waals surface area contributed by atoms with Gasteiger partial charge < -0.3 is 19.2 Å². The van der Waals surface area contributed by atoms with Crippen LogP contribution in [0.5, 0.6) is 17.2 Å². The van der Waals surface area contributed by atoms with E-state index in [4.69, 9.17) is 13.9 Å². The number of hydrogen-bond donors (Lipinski definition) is 1. The fourth-order valence-electron chi connectivity index (χ4n) is 3.02. The van der Waals surface area contributed by atoms with Gasteiger partial charge in [-0.15, -0.1) is 0 Å². The predicted molar refractivity (Wildman–Crippen MR) is 94.4 cm³/mol. The number of fused-ring (bicyclic) bond motifs is 1. The maximum Gasteiger partial charge on any atom is 0.370 e. The van der Waals surface area contributed by atoms with Crippen LogP contribution in [0, 0.1) is 0 Å². The lowest BCUT2D eigenvalue weighted by molar-refractivity contribution is -0.658. The highest BCUT2D eigenvalue weighted by molar-refractivity contribution is 5.81. The summed E-state index contributed by atoms with van der Waals surface area (Å²) < 4.78 is 16.5. The van der Waals surface area contributed by atoms with Gasteiger partial charge in [-0.3, -0.25) is 4.79 Å². The molecule has 6 nitrogen and oxygen atoms in total. The summed E-state index contributed by atoms with van der Waals surface area (Å²) in [4.78, 5) is 24.7. The van der Waals surface area contributed by atoms with Crippen molar-refractivity contribution in [2.24, 2.45) is 0 Å². The van der Waals surface area contributed by atoms with Crippen LogP contribution in [0.25, 0.3) is 11.0 Å². The maximum absolute atomic E-state index is 12.6. The average Bonchev–Trinajstić information content (AvgIpc) is 3.20. The van der Waals surface area contributed by atoms with Crippen LogP contribution >= 0.6 is 0 Å². The smallest absolute Gasteiger partial charge is 0.370 e. The Bertz CT molecular complexity index is 990. The van der Waals surface area contributed by atoms with E-state index in [-0.39, 0.29) is 23.2 Å². The fraction of sp³-hybridized carbons (Fsp3) is 0.200. The molecule has 3 aromatic rings. The van der Waals surface area contributed by atoms with E-state index in [1.807, 2.05) is 23.5 Å². The van der Waals surface area contributed by atoms with Crippen LogP contribution in [0.4, 0.5) is 0 Å². The molecule has 0 radical (unpaired) electrons. The molecule has 0 spiro atoms. The topological polar surface area (TPSA) is 82.4 Å². The Balaban J connectivity index is 1.58. The summed E-state index contributed by atoms with van der Waals surface area (Å²) in [7, 11) is 0. The minimum Gasteiger partial charge on any atom is -0.460 e. The highest BCUT2D eigenvalue weighted by Gasteiger charge is 2.28. The SMILES string of the molecule is O=C(Oc1ccc2c(=O)c(Oc3ccccc3)coc2c1)[C@H]1CCC[NH2+]1. The molecule has 4 rings (SSSR count). The van der Waals surface area contributed by atoms with Crippen LogP contribution < -0.4 is 20.2 Å². The average molecular weight is 352 g/mol. The third-order valence-electron chi connectivity index (χ3n) is 4.38. The van der Waals surface area contributed by atoms with Crippen LogP contribution in [-0.4, -0.2) is 18.6 Å². The first kappa shape index (κ1) is 16.4. The van der Waals surface area contributed by atoms with E-state index in [0.29, 0.717) is 22.5 Å². The van der Waals surface area contributed by atoms with Crippen molar-refractivity contribution in [3.05, 3.63) is 65.0 Å². The minimum atomic E-state index is -0.280. The van der Waals surface area contributed by atoms with Gasteiger partial charge in [-0.2, -0.15) is 0 Å². The van der Waals surface area contributed by atoms with Crippen LogP contribution in [0.2, 0.25) is 0 Å². The normalized spacial score (nSPS) is 16.5. The minimum absolute atomic E-state index is 0.106. The Morgan fingerprint density at radius 1 is 1.12 bits per heavy atom. The number of esters is 1. The van der Waals surface area contributed by atoms with Crippen molar-refractivity contribution in [3.63, 3.8) is 0 Å². The van der Waals surface area contributed by atoms with Gasteiger partial charge in [0.25, 0.3) is 0 Å². The zero-order valence-electron chi connectivity index (χ0n) is 14.0. The largest absolute Gasteiger partial charge is 0.460 e. The summed E-state index contributed by atoms with van der Waals surface area (Å²) in [6.45, 7) is 0.941. The van der Waals surface area contributed by atoms with E-state index in [1.165, 1.54) is 6.26 Å². The van der Waals surface area contributed by atoms with Gasteiger partial charge >= 0.3 is 5.97 Å². The number of rotatable bonds is 4. The third kappa shape index (κ3) is 3.32. The molecule has 6 heteroatoms. The molecule has 2 aromatic carbocycles. The fourth-order valence-corrected chi connectivity index (χ4v) is 3.02. The molecule has 1 aliphatic heterocycles. The Hall–Kier alpha value is -3.12. The molecule has 26 heavy (non-hydrogen) atoms. The molecule has 0 unspecified atom stereocenters. The highest BCUT2D eigenvalue weighted by Crippen LogP contribution is 2.24. The lowest BCUT2D eigenvalue weighted by Crippen LogP contribution is -2.88. The summed E-state index contributed by atoms with van der Waals surface area (Å²) >= 11 is 0. The van der Waals surface area contributed by atoms with Gasteiger partial charge in [0.2, 0.25) is 11.2 Å². The molecule has 2 heterocycles. The summed E-state index contributed by atoms with van der Waals surface area (Å²) in [5.74, 6) is 0.752. The molecule has 0 amide bonds. The Morgan fingerprint density at radius 3 is 2.73 bits per heavy atom. The zero-order valence-corrected chi connectivity index (χ0v) is 14.0. The molecule has 1 aromatic heterocycles. The number of carbonyl (C=O) groups excluding carboxylic acids is 1. The Kier molecular flexibility index (Phi) is 4.41. The van der Waals surface area contributed by atoms with E-state index in [9.17, 15) is 9.59 Å². The number of ether oxygens (including phenoxy) is 2. The second-order valence-corrected chi connectivity index (χ2v) is 6.20. The number of nitrogens with two attached hydrogens (primary N) is 1. The number of quaternary nitrogens is 1. The molecule has 1 saturated heterocycles. The molecule has 1 aliphatic rings. The molecule has 0 bridgehead atoms. The van der Waals surface area contributed by atoms with Crippen molar-refractivity contribution in [1.29, 1.82) is 0 Å². The van der Waals surface area contributed by atoms with Gasteiger partial charge in [-0.05, 0) is 24.3 Å². The molecular formula is C20H18NO5+. The van der Waals surface area contributed by atoms with Crippen LogP contribution in [-0.2, 0) is 4.79 Å². The summed E-state index contributed by atoms with van der Waals surface area (Å²) in [6, 6.07) is 13.6. The van der Waals surface area contributed by atoms with E-state index in [2.05, 4.69) is 0 Å². The summed E-state index contributed by atoms with van der Waals surface area (Å²) in [6.07, 6.45) is 3.10. The van der Waals surface area contributed by atoms with Crippen LogP contribution in [0.3, 0.4) is 0 Å². The second-order valence-electron chi connectivity index (χ2n) is 6.20. The van der Waals surface area contributed by atoms with Gasteiger partial charge in [0, 0.05) is 18.9 Å². The van der Waals surface area contributed by atoms with Crippen molar-refractivity contribution in [2.75, 3.05) is 6.54 Å². The highest BCUT2D eigenvalue weighted by atomic mass is 16.5. The lowest BCUT2D eigenvalue weighted by Gasteiger charge is -2.09. The van der Waals surface area contributed by atoms with Gasteiger partial charge in [0.1, 0.15) is 23.3 Å². The van der Waals surface area contributed by atoms with Gasteiger partial charge in [0.05, 0.1) is 11.9 Å². The van der Waals surface area contributed by atoms with Gasteiger partial charge in [-0.1, -0.05) is 18.2 Å². The molecule has 1 fully saturated rings. The number of hydrogen-bond acceptors (Lipinski definition) is 5.